The van der Waals surface area contributed by atoms with Crippen molar-refractivity contribution in [3.8, 4) is 11.3 Å². The predicted octanol–water partition coefficient (Wildman–Crippen LogP) is 5.89. The SMILES string of the molecule is CC1(C)OB(c2ccc3c(c2)cc(-c2c(F)cccc2F)n3S(=O)(=O)c2ccc(Br)cc2)OC1(C)C. The number of halogens is 3. The molecule has 0 spiro atoms. The summed E-state index contributed by atoms with van der Waals surface area (Å²) in [5.74, 6) is -1.73. The average Bonchev–Trinajstić information content (AvgIpc) is 3.27. The third kappa shape index (κ3) is 4.00. The Labute approximate surface area is 217 Å². The van der Waals surface area contributed by atoms with E-state index in [-0.39, 0.29) is 16.1 Å². The molecule has 0 unspecified atom stereocenters. The summed E-state index contributed by atoms with van der Waals surface area (Å²) in [7, 11) is -4.90. The van der Waals surface area contributed by atoms with Gasteiger partial charge in [-0.15, -0.1) is 0 Å². The first kappa shape index (κ1) is 25.1. The first-order chi connectivity index (χ1) is 16.8. The summed E-state index contributed by atoms with van der Waals surface area (Å²) in [6.07, 6.45) is 0. The highest BCUT2D eigenvalue weighted by Gasteiger charge is 2.51. The number of aromatic nitrogens is 1. The van der Waals surface area contributed by atoms with Crippen molar-refractivity contribution in [2.24, 2.45) is 0 Å². The van der Waals surface area contributed by atoms with Gasteiger partial charge in [-0.1, -0.05) is 34.1 Å². The molecule has 1 aliphatic rings. The molecule has 1 fully saturated rings. The van der Waals surface area contributed by atoms with E-state index in [1.807, 2.05) is 27.7 Å². The predicted molar refractivity (Wildman–Crippen MR) is 140 cm³/mol. The molecule has 0 saturated carbocycles. The summed E-state index contributed by atoms with van der Waals surface area (Å²) in [5.41, 5.74) is -0.729. The largest absolute Gasteiger partial charge is 0.494 e. The Balaban J connectivity index is 1.75. The van der Waals surface area contributed by atoms with E-state index in [9.17, 15) is 17.2 Å². The van der Waals surface area contributed by atoms with Crippen molar-refractivity contribution in [2.45, 2.75) is 43.8 Å². The fourth-order valence-corrected chi connectivity index (χ4v) is 6.01. The molecule has 4 aromatic rings. The number of fused-ring (bicyclic) bond motifs is 1. The van der Waals surface area contributed by atoms with Crippen molar-refractivity contribution in [1.82, 2.24) is 3.97 Å². The van der Waals surface area contributed by atoms with E-state index in [1.165, 1.54) is 24.3 Å². The van der Waals surface area contributed by atoms with Crippen LogP contribution in [0.4, 0.5) is 8.78 Å². The van der Waals surface area contributed by atoms with Crippen LogP contribution in [-0.4, -0.2) is 30.7 Å². The molecule has 0 amide bonds. The third-order valence-corrected chi connectivity index (χ3v) is 9.15. The van der Waals surface area contributed by atoms with Crippen LogP contribution in [0.3, 0.4) is 0 Å². The topological polar surface area (TPSA) is 57.5 Å². The minimum atomic E-state index is -4.22. The molecule has 0 N–H and O–H groups in total. The van der Waals surface area contributed by atoms with E-state index in [0.29, 0.717) is 15.3 Å². The Morgan fingerprint density at radius 1 is 0.861 bits per heavy atom. The van der Waals surface area contributed by atoms with Crippen LogP contribution in [0.5, 0.6) is 0 Å². The quantitative estimate of drug-likeness (QED) is 0.286. The number of nitrogens with zero attached hydrogens (tertiary/aromatic N) is 1. The second-order valence-electron chi connectivity index (χ2n) is 9.76. The Kier molecular flexibility index (Phi) is 5.94. The van der Waals surface area contributed by atoms with Crippen molar-refractivity contribution in [2.75, 3.05) is 0 Å². The smallest absolute Gasteiger partial charge is 0.399 e. The molecule has 1 saturated heterocycles. The standard InChI is InChI=1S/C26H23BBrF2NO4S/c1-25(2)26(3,4)35-27(34-25)17-8-13-22-16(14-17)15-23(24-20(29)6-5-7-21(24)30)31(22)36(32,33)19-11-9-18(28)10-12-19/h5-15H,1-4H3. The average molecular weight is 574 g/mol. The molecule has 2 heterocycles. The number of hydrogen-bond acceptors (Lipinski definition) is 4. The zero-order chi connectivity index (χ0) is 26.0. The molecular weight excluding hydrogens is 551 g/mol. The van der Waals surface area contributed by atoms with E-state index in [1.54, 1.807) is 30.3 Å². The molecule has 0 bridgehead atoms. The molecule has 1 aromatic heterocycles. The van der Waals surface area contributed by atoms with Gasteiger partial charge in [0.1, 0.15) is 11.6 Å². The maximum absolute atomic E-state index is 14.9. The van der Waals surface area contributed by atoms with Crippen LogP contribution in [0.25, 0.3) is 22.2 Å². The van der Waals surface area contributed by atoms with Crippen LogP contribution < -0.4 is 5.46 Å². The van der Waals surface area contributed by atoms with Gasteiger partial charge in [-0.2, -0.15) is 0 Å². The maximum atomic E-state index is 14.9. The summed E-state index contributed by atoms with van der Waals surface area (Å²) in [6.45, 7) is 7.75. The first-order valence-electron chi connectivity index (χ1n) is 11.3. The Bertz CT molecular complexity index is 1560. The molecule has 0 radical (unpaired) electrons. The molecule has 0 atom stereocenters. The molecule has 36 heavy (non-hydrogen) atoms. The van der Waals surface area contributed by atoms with Gasteiger partial charge in [0.2, 0.25) is 0 Å². The highest BCUT2D eigenvalue weighted by molar-refractivity contribution is 9.10. The zero-order valence-electron chi connectivity index (χ0n) is 20.1. The van der Waals surface area contributed by atoms with Crippen molar-refractivity contribution in [3.63, 3.8) is 0 Å². The Hall–Kier alpha value is -2.53. The van der Waals surface area contributed by atoms with Crippen LogP contribution in [0, 0.1) is 11.6 Å². The lowest BCUT2D eigenvalue weighted by Gasteiger charge is -2.32. The second-order valence-corrected chi connectivity index (χ2v) is 12.5. The van der Waals surface area contributed by atoms with Gasteiger partial charge in [-0.3, -0.25) is 0 Å². The van der Waals surface area contributed by atoms with Crippen molar-refractivity contribution < 1.29 is 26.5 Å². The van der Waals surface area contributed by atoms with Gasteiger partial charge in [0.15, 0.2) is 0 Å². The fraction of sp³-hybridized carbons (Fsp3) is 0.231. The normalized spacial score (nSPS) is 17.1. The first-order valence-corrected chi connectivity index (χ1v) is 13.5. The van der Waals surface area contributed by atoms with Crippen molar-refractivity contribution in [1.29, 1.82) is 0 Å². The minimum Gasteiger partial charge on any atom is -0.399 e. The second kappa shape index (κ2) is 8.51. The highest BCUT2D eigenvalue weighted by atomic mass is 79.9. The Morgan fingerprint density at radius 2 is 1.44 bits per heavy atom. The summed E-state index contributed by atoms with van der Waals surface area (Å²) in [6, 6.07) is 16.0. The molecule has 1 aliphatic heterocycles. The molecule has 186 valence electrons. The van der Waals surface area contributed by atoms with Crippen LogP contribution in [-0.2, 0) is 19.3 Å². The summed E-state index contributed by atoms with van der Waals surface area (Å²) < 4.78 is 71.3. The van der Waals surface area contributed by atoms with Gasteiger partial charge < -0.3 is 9.31 Å². The van der Waals surface area contributed by atoms with Crippen molar-refractivity contribution in [3.05, 3.63) is 82.8 Å². The third-order valence-electron chi connectivity index (χ3n) is 6.88. The van der Waals surface area contributed by atoms with E-state index in [4.69, 9.17) is 9.31 Å². The van der Waals surface area contributed by atoms with E-state index >= 15 is 0 Å². The lowest BCUT2D eigenvalue weighted by atomic mass is 9.78. The van der Waals surface area contributed by atoms with Crippen LogP contribution in [0.1, 0.15) is 27.7 Å². The molecule has 0 aliphatic carbocycles. The number of rotatable bonds is 4. The minimum absolute atomic E-state index is 0.0174. The van der Waals surface area contributed by atoms with E-state index in [0.717, 1.165) is 16.1 Å². The summed E-state index contributed by atoms with van der Waals surface area (Å²) >= 11 is 3.30. The van der Waals surface area contributed by atoms with Gasteiger partial charge in [0.05, 0.1) is 32.9 Å². The van der Waals surface area contributed by atoms with Gasteiger partial charge >= 0.3 is 7.12 Å². The molecular formula is C26H23BBrF2NO4S. The van der Waals surface area contributed by atoms with Gasteiger partial charge in [-0.05, 0) is 81.7 Å². The fourth-order valence-electron chi connectivity index (χ4n) is 4.22. The lowest BCUT2D eigenvalue weighted by molar-refractivity contribution is 0.00578. The highest BCUT2D eigenvalue weighted by Crippen LogP contribution is 2.38. The van der Waals surface area contributed by atoms with Crippen LogP contribution >= 0.6 is 15.9 Å². The zero-order valence-corrected chi connectivity index (χ0v) is 22.5. The lowest BCUT2D eigenvalue weighted by Crippen LogP contribution is -2.41. The molecule has 5 rings (SSSR count). The van der Waals surface area contributed by atoms with E-state index < -0.39 is 45.5 Å². The van der Waals surface area contributed by atoms with Gasteiger partial charge in [0.25, 0.3) is 10.0 Å². The van der Waals surface area contributed by atoms with Crippen LogP contribution in [0.2, 0.25) is 0 Å². The maximum Gasteiger partial charge on any atom is 0.494 e. The van der Waals surface area contributed by atoms with Gasteiger partial charge in [0, 0.05) is 9.86 Å². The summed E-state index contributed by atoms with van der Waals surface area (Å²) in [4.78, 5) is -0.0174. The molecule has 10 heteroatoms. The summed E-state index contributed by atoms with van der Waals surface area (Å²) in [5, 5.41) is 0.473. The monoisotopic (exact) mass is 573 g/mol. The number of benzene rings is 3. The van der Waals surface area contributed by atoms with E-state index in [2.05, 4.69) is 15.9 Å². The van der Waals surface area contributed by atoms with Gasteiger partial charge in [-0.25, -0.2) is 21.2 Å². The van der Waals surface area contributed by atoms with Crippen LogP contribution in [0.15, 0.2) is 76.1 Å². The molecule has 5 nitrogen and oxygen atoms in total. The molecule has 3 aromatic carbocycles. The number of hydrogen-bond donors (Lipinski definition) is 0. The Morgan fingerprint density at radius 3 is 2.03 bits per heavy atom. The van der Waals surface area contributed by atoms with Crippen molar-refractivity contribution >= 4 is 49.4 Å².